The average molecular weight is 419 g/mol. The number of nitrogens with zero attached hydrogens (tertiary/aromatic N) is 4. The summed E-state index contributed by atoms with van der Waals surface area (Å²) in [5.41, 5.74) is 2.49. The Bertz CT molecular complexity index is 984. The SMILES string of the molecule is CN(C)/C=N/C(=O)c1sc(-c2ccnc(Cl)c2)nc1Cc1ccc(Cl)cc1. The van der Waals surface area contributed by atoms with E-state index in [9.17, 15) is 4.79 Å². The van der Waals surface area contributed by atoms with Crippen LogP contribution in [0.2, 0.25) is 10.2 Å². The van der Waals surface area contributed by atoms with Gasteiger partial charge in [0.15, 0.2) is 0 Å². The maximum atomic E-state index is 12.6. The molecule has 0 aliphatic rings. The summed E-state index contributed by atoms with van der Waals surface area (Å²) in [6.45, 7) is 0. The molecule has 1 amide bonds. The van der Waals surface area contributed by atoms with E-state index in [1.807, 2.05) is 44.4 Å². The van der Waals surface area contributed by atoms with Gasteiger partial charge < -0.3 is 4.90 Å². The first-order valence-corrected chi connectivity index (χ1v) is 9.60. The summed E-state index contributed by atoms with van der Waals surface area (Å²) in [6, 6.07) is 11.0. The number of carbonyl (C=O) groups is 1. The topological polar surface area (TPSA) is 58.5 Å². The number of halogens is 2. The van der Waals surface area contributed by atoms with Crippen LogP contribution < -0.4 is 0 Å². The molecule has 27 heavy (non-hydrogen) atoms. The van der Waals surface area contributed by atoms with E-state index in [0.717, 1.165) is 11.1 Å². The first kappa shape index (κ1) is 19.5. The molecule has 2 aromatic heterocycles. The first-order chi connectivity index (χ1) is 12.9. The number of carbonyl (C=O) groups excluding carboxylic acids is 1. The van der Waals surface area contributed by atoms with Gasteiger partial charge in [-0.3, -0.25) is 4.79 Å². The van der Waals surface area contributed by atoms with Gasteiger partial charge in [-0.05, 0) is 29.8 Å². The highest BCUT2D eigenvalue weighted by Gasteiger charge is 2.19. The maximum Gasteiger partial charge on any atom is 0.290 e. The molecule has 0 bridgehead atoms. The van der Waals surface area contributed by atoms with Crippen molar-refractivity contribution in [3.05, 3.63) is 68.9 Å². The average Bonchev–Trinajstić information content (AvgIpc) is 3.05. The number of rotatable bonds is 5. The van der Waals surface area contributed by atoms with Gasteiger partial charge in [-0.2, -0.15) is 4.99 Å². The molecule has 2 heterocycles. The Morgan fingerprint density at radius 3 is 2.63 bits per heavy atom. The van der Waals surface area contributed by atoms with E-state index < -0.39 is 0 Å². The molecule has 3 rings (SSSR count). The molecule has 0 aliphatic carbocycles. The van der Waals surface area contributed by atoms with Crippen molar-refractivity contribution in [1.29, 1.82) is 0 Å². The highest BCUT2D eigenvalue weighted by molar-refractivity contribution is 7.17. The van der Waals surface area contributed by atoms with E-state index in [-0.39, 0.29) is 5.91 Å². The third-order valence-electron chi connectivity index (χ3n) is 3.56. The van der Waals surface area contributed by atoms with Crippen molar-refractivity contribution < 1.29 is 4.79 Å². The molecular weight excluding hydrogens is 403 g/mol. The summed E-state index contributed by atoms with van der Waals surface area (Å²) in [5.74, 6) is -0.323. The maximum absolute atomic E-state index is 12.6. The second-order valence-electron chi connectivity index (χ2n) is 5.98. The van der Waals surface area contributed by atoms with Crippen molar-refractivity contribution in [3.8, 4) is 10.6 Å². The number of amides is 1. The molecule has 0 fully saturated rings. The van der Waals surface area contributed by atoms with Gasteiger partial charge in [0, 0.05) is 37.3 Å². The fraction of sp³-hybridized carbons (Fsp3) is 0.158. The van der Waals surface area contributed by atoms with Crippen LogP contribution in [-0.4, -0.2) is 41.2 Å². The second kappa shape index (κ2) is 8.61. The lowest BCUT2D eigenvalue weighted by Gasteiger charge is -2.03. The van der Waals surface area contributed by atoms with Gasteiger partial charge in [-0.15, -0.1) is 11.3 Å². The normalized spacial score (nSPS) is 11.1. The van der Waals surface area contributed by atoms with Crippen LogP contribution in [0, 0.1) is 0 Å². The van der Waals surface area contributed by atoms with Crippen LogP contribution in [0.4, 0.5) is 0 Å². The van der Waals surface area contributed by atoms with Gasteiger partial charge in [-0.25, -0.2) is 9.97 Å². The standard InChI is InChI=1S/C19H16Cl2N4OS/c1-25(2)11-23-18(26)17-15(9-12-3-5-14(20)6-4-12)24-19(27-17)13-7-8-22-16(21)10-13/h3-8,10-11H,9H2,1-2H3/b23-11+. The van der Waals surface area contributed by atoms with Crippen molar-refractivity contribution in [3.63, 3.8) is 0 Å². The van der Waals surface area contributed by atoms with E-state index in [4.69, 9.17) is 23.2 Å². The van der Waals surface area contributed by atoms with Gasteiger partial charge in [0.05, 0.1) is 12.0 Å². The van der Waals surface area contributed by atoms with E-state index in [1.165, 1.54) is 17.7 Å². The zero-order valence-electron chi connectivity index (χ0n) is 14.7. The Labute approximate surface area is 171 Å². The largest absolute Gasteiger partial charge is 0.369 e. The number of pyridine rings is 1. The van der Waals surface area contributed by atoms with Gasteiger partial charge >= 0.3 is 0 Å². The van der Waals surface area contributed by atoms with Crippen molar-refractivity contribution in [1.82, 2.24) is 14.9 Å². The van der Waals surface area contributed by atoms with Gasteiger partial charge in [0.25, 0.3) is 5.91 Å². The lowest BCUT2D eigenvalue weighted by molar-refractivity contribution is 0.100. The summed E-state index contributed by atoms with van der Waals surface area (Å²) < 4.78 is 0. The van der Waals surface area contributed by atoms with Crippen molar-refractivity contribution in [2.45, 2.75) is 6.42 Å². The lowest BCUT2D eigenvalue weighted by atomic mass is 10.1. The molecule has 8 heteroatoms. The fourth-order valence-corrected chi connectivity index (χ4v) is 3.59. The van der Waals surface area contributed by atoms with Crippen LogP contribution in [0.5, 0.6) is 0 Å². The third kappa shape index (κ3) is 5.13. The molecule has 3 aromatic rings. The Morgan fingerprint density at radius 2 is 1.96 bits per heavy atom. The number of aliphatic imine (C=N–C) groups is 1. The van der Waals surface area contributed by atoms with Gasteiger partial charge in [0.1, 0.15) is 15.0 Å². The molecule has 0 radical (unpaired) electrons. The number of thiazole rings is 1. The van der Waals surface area contributed by atoms with Crippen molar-refractivity contribution in [2.75, 3.05) is 14.1 Å². The minimum absolute atomic E-state index is 0.323. The van der Waals surface area contributed by atoms with Crippen LogP contribution in [-0.2, 0) is 6.42 Å². The van der Waals surface area contributed by atoms with Crippen molar-refractivity contribution in [2.24, 2.45) is 4.99 Å². The van der Waals surface area contributed by atoms with Crippen LogP contribution >= 0.6 is 34.5 Å². The zero-order valence-corrected chi connectivity index (χ0v) is 17.0. The number of aromatic nitrogens is 2. The molecule has 5 nitrogen and oxygen atoms in total. The van der Waals surface area contributed by atoms with E-state index >= 15 is 0 Å². The van der Waals surface area contributed by atoms with E-state index in [0.29, 0.717) is 32.2 Å². The van der Waals surface area contributed by atoms with Crippen LogP contribution in [0.1, 0.15) is 20.9 Å². The highest BCUT2D eigenvalue weighted by atomic mass is 35.5. The van der Waals surface area contributed by atoms with Crippen LogP contribution in [0.15, 0.2) is 47.6 Å². The van der Waals surface area contributed by atoms with Crippen molar-refractivity contribution >= 4 is 46.8 Å². The minimum atomic E-state index is -0.323. The molecule has 1 aromatic carbocycles. The third-order valence-corrected chi connectivity index (χ3v) is 5.15. The second-order valence-corrected chi connectivity index (χ2v) is 7.80. The minimum Gasteiger partial charge on any atom is -0.369 e. The molecule has 0 spiro atoms. The monoisotopic (exact) mass is 418 g/mol. The first-order valence-electron chi connectivity index (χ1n) is 8.03. The van der Waals surface area contributed by atoms with E-state index in [2.05, 4.69) is 15.0 Å². The Hall–Kier alpha value is -2.28. The molecular formula is C19H16Cl2N4OS. The smallest absolute Gasteiger partial charge is 0.290 e. The Balaban J connectivity index is 2.00. The molecule has 0 saturated heterocycles. The number of benzene rings is 1. The molecule has 138 valence electrons. The Kier molecular flexibility index (Phi) is 6.21. The predicted octanol–water partition coefficient (Wildman–Crippen LogP) is 4.83. The molecule has 0 atom stereocenters. The van der Waals surface area contributed by atoms with Gasteiger partial charge in [0.2, 0.25) is 0 Å². The number of hydrogen-bond acceptors (Lipinski definition) is 4. The molecule has 0 unspecified atom stereocenters. The zero-order chi connectivity index (χ0) is 19.4. The van der Waals surface area contributed by atoms with Crippen LogP contribution in [0.25, 0.3) is 10.6 Å². The summed E-state index contributed by atoms with van der Waals surface area (Å²) in [5, 5.41) is 1.74. The van der Waals surface area contributed by atoms with E-state index in [1.54, 1.807) is 17.2 Å². The fourth-order valence-electron chi connectivity index (χ4n) is 2.32. The summed E-state index contributed by atoms with van der Waals surface area (Å²) in [7, 11) is 3.62. The van der Waals surface area contributed by atoms with Gasteiger partial charge in [-0.1, -0.05) is 35.3 Å². The lowest BCUT2D eigenvalue weighted by Crippen LogP contribution is -2.10. The molecule has 0 aliphatic heterocycles. The summed E-state index contributed by atoms with van der Waals surface area (Å²) >= 11 is 13.2. The predicted molar refractivity (Wildman–Crippen MR) is 111 cm³/mol. The summed E-state index contributed by atoms with van der Waals surface area (Å²) in [6.07, 6.45) is 3.60. The summed E-state index contributed by atoms with van der Waals surface area (Å²) in [4.78, 5) is 27.5. The highest BCUT2D eigenvalue weighted by Crippen LogP contribution is 2.31. The number of hydrogen-bond donors (Lipinski definition) is 0. The van der Waals surface area contributed by atoms with Crippen LogP contribution in [0.3, 0.4) is 0 Å². The Morgan fingerprint density at radius 1 is 1.22 bits per heavy atom. The quantitative estimate of drug-likeness (QED) is 0.338. The molecule has 0 saturated carbocycles. The molecule has 0 N–H and O–H groups in total.